The Kier molecular flexibility index (Phi) is 6.58. The molecular weight excluding hydrogens is 446 g/mol. The highest BCUT2D eigenvalue weighted by molar-refractivity contribution is 9.18. The van der Waals surface area contributed by atoms with Crippen LogP contribution in [-0.4, -0.2) is 25.0 Å². The number of halogens is 2. The minimum Gasteiger partial charge on any atom is -0.393 e. The lowest BCUT2D eigenvalue weighted by molar-refractivity contribution is 0.176. The van der Waals surface area contributed by atoms with Crippen LogP contribution < -0.4 is 11.2 Å². The molecule has 2 atom stereocenters. The molecule has 8 heteroatoms. The van der Waals surface area contributed by atoms with Crippen LogP contribution >= 0.6 is 27.5 Å². The molecule has 1 aliphatic heterocycles. The summed E-state index contributed by atoms with van der Waals surface area (Å²) in [6.45, 7) is 1.83. The molecule has 1 N–H and O–H groups in total. The van der Waals surface area contributed by atoms with Gasteiger partial charge < -0.3 is 5.11 Å². The number of fused-ring (bicyclic) bond motifs is 1. The van der Waals surface area contributed by atoms with Crippen molar-refractivity contribution in [3.8, 4) is 0 Å². The predicted molar refractivity (Wildman–Crippen MR) is 115 cm³/mol. The molecule has 0 radical (unpaired) electrons. The van der Waals surface area contributed by atoms with Gasteiger partial charge in [-0.05, 0) is 66.2 Å². The van der Waals surface area contributed by atoms with E-state index in [1.807, 2.05) is 24.3 Å². The van der Waals surface area contributed by atoms with Gasteiger partial charge in [0.05, 0.1) is 16.3 Å². The monoisotopic (exact) mass is 467 g/mol. The van der Waals surface area contributed by atoms with Gasteiger partial charge in [-0.15, -0.1) is 0 Å². The number of aliphatic hydroxyl groups is 1. The second-order valence-electron chi connectivity index (χ2n) is 7.24. The van der Waals surface area contributed by atoms with Gasteiger partial charge in [-0.1, -0.05) is 23.7 Å². The lowest BCUT2D eigenvalue weighted by Gasteiger charge is -2.13. The predicted octanol–water partition coefficient (Wildman–Crippen LogP) is 3.20. The summed E-state index contributed by atoms with van der Waals surface area (Å²) < 4.78 is 3.36. The molecule has 28 heavy (non-hydrogen) atoms. The van der Waals surface area contributed by atoms with Crippen LogP contribution in [0.5, 0.6) is 0 Å². The Hall–Kier alpha value is -1.70. The average molecular weight is 469 g/mol. The van der Waals surface area contributed by atoms with Crippen LogP contribution in [0, 0.1) is 5.92 Å². The Morgan fingerprint density at radius 3 is 2.64 bits per heavy atom. The molecule has 3 rings (SSSR count). The van der Waals surface area contributed by atoms with Crippen LogP contribution in [0.3, 0.4) is 0 Å². The van der Waals surface area contributed by atoms with Crippen molar-refractivity contribution in [2.24, 2.45) is 18.0 Å². The molecule has 1 aromatic carbocycles. The number of rotatable bonds is 5. The zero-order valence-electron chi connectivity index (χ0n) is 15.9. The Bertz CT molecular complexity index is 1010. The highest BCUT2D eigenvalue weighted by Crippen LogP contribution is 2.28. The van der Waals surface area contributed by atoms with Crippen molar-refractivity contribution in [3.05, 3.63) is 61.3 Å². The zero-order chi connectivity index (χ0) is 20.4. The molecule has 2 heterocycles. The summed E-state index contributed by atoms with van der Waals surface area (Å²) >= 11 is 9.53. The van der Waals surface area contributed by atoms with E-state index >= 15 is 0 Å². The summed E-state index contributed by atoms with van der Waals surface area (Å²) in [6.07, 6.45) is 1.81. The molecule has 150 valence electrons. The lowest BCUT2D eigenvalue weighted by Crippen LogP contribution is -2.41. The highest BCUT2D eigenvalue weighted by Gasteiger charge is 2.25. The summed E-state index contributed by atoms with van der Waals surface area (Å²) in [6, 6.07) is 7.69. The summed E-state index contributed by atoms with van der Waals surface area (Å²) in [4.78, 5) is 30.2. The summed E-state index contributed by atoms with van der Waals surface area (Å²) in [5, 5.41) is 10.2. The first-order chi connectivity index (χ1) is 13.3. The van der Waals surface area contributed by atoms with Crippen molar-refractivity contribution in [2.75, 3.05) is 0 Å². The summed E-state index contributed by atoms with van der Waals surface area (Å²) in [5.74, 6) is 0.516. The van der Waals surface area contributed by atoms with E-state index in [0.29, 0.717) is 29.2 Å². The Morgan fingerprint density at radius 2 is 2.00 bits per heavy atom. The first-order valence-electron chi connectivity index (χ1n) is 9.27. The number of hydrogen-bond acceptors (Lipinski definition) is 4. The van der Waals surface area contributed by atoms with E-state index in [0.717, 1.165) is 23.0 Å². The van der Waals surface area contributed by atoms with Gasteiger partial charge in [0, 0.05) is 24.5 Å². The third-order valence-electron chi connectivity index (χ3n) is 5.07. The lowest BCUT2D eigenvalue weighted by atomic mass is 9.95. The number of nitrogens with zero attached hydrogens (tertiary/aromatic N) is 3. The molecule has 1 aliphatic rings. The molecule has 0 amide bonds. The highest BCUT2D eigenvalue weighted by atomic mass is 79.9. The molecule has 1 aromatic heterocycles. The van der Waals surface area contributed by atoms with Crippen LogP contribution in [-0.2, 0) is 26.4 Å². The second kappa shape index (κ2) is 8.76. The van der Waals surface area contributed by atoms with Crippen LogP contribution in [0.1, 0.15) is 30.9 Å². The van der Waals surface area contributed by atoms with Crippen molar-refractivity contribution >= 4 is 38.0 Å². The molecule has 0 fully saturated rings. The van der Waals surface area contributed by atoms with E-state index in [2.05, 4.69) is 20.9 Å². The smallest absolute Gasteiger partial charge is 0.332 e. The second-order valence-corrected chi connectivity index (χ2v) is 8.49. The van der Waals surface area contributed by atoms with Gasteiger partial charge in [-0.25, -0.2) is 9.79 Å². The van der Waals surface area contributed by atoms with Crippen LogP contribution in [0.4, 0.5) is 5.82 Å². The fourth-order valence-electron chi connectivity index (χ4n) is 3.42. The first-order valence-corrected chi connectivity index (χ1v) is 10.4. The molecule has 0 bridgehead atoms. The van der Waals surface area contributed by atoms with Crippen molar-refractivity contribution in [1.82, 2.24) is 9.13 Å². The van der Waals surface area contributed by atoms with Gasteiger partial charge in [0.1, 0.15) is 5.82 Å². The standard InChI is InChI=1S/C20H23BrClN3O3/c1-12(26)9-10-25-19(27)16-8-5-14(11-13-3-6-15(22)7-4-13)17(21)23-18(16)24(2)20(25)28/h3-4,6-7,12,14,26H,5,8-11H2,1-2H3. The first kappa shape index (κ1) is 21.0. The summed E-state index contributed by atoms with van der Waals surface area (Å²) in [5.41, 5.74) is 0.957. The van der Waals surface area contributed by atoms with Crippen molar-refractivity contribution < 1.29 is 5.11 Å². The van der Waals surface area contributed by atoms with Gasteiger partial charge in [0.25, 0.3) is 5.56 Å². The van der Waals surface area contributed by atoms with Crippen molar-refractivity contribution in [1.29, 1.82) is 0 Å². The maximum atomic E-state index is 12.9. The maximum absolute atomic E-state index is 12.9. The zero-order valence-corrected chi connectivity index (χ0v) is 18.2. The summed E-state index contributed by atoms with van der Waals surface area (Å²) in [7, 11) is 1.63. The topological polar surface area (TPSA) is 76.6 Å². The average Bonchev–Trinajstić information content (AvgIpc) is 2.81. The molecule has 2 aromatic rings. The van der Waals surface area contributed by atoms with Crippen LogP contribution in [0.25, 0.3) is 0 Å². The van der Waals surface area contributed by atoms with Crippen LogP contribution in [0.15, 0.2) is 38.8 Å². The molecule has 0 spiro atoms. The quantitative estimate of drug-likeness (QED) is 0.732. The van der Waals surface area contributed by atoms with Gasteiger partial charge in [-0.2, -0.15) is 0 Å². The van der Waals surface area contributed by atoms with E-state index in [4.69, 9.17) is 11.6 Å². The Balaban J connectivity index is 1.95. The largest absolute Gasteiger partial charge is 0.393 e. The molecule has 0 saturated carbocycles. The molecule has 0 saturated heterocycles. The van der Waals surface area contributed by atoms with Gasteiger partial charge in [0.15, 0.2) is 0 Å². The van der Waals surface area contributed by atoms with Crippen LogP contribution in [0.2, 0.25) is 5.02 Å². The van der Waals surface area contributed by atoms with E-state index in [-0.39, 0.29) is 18.0 Å². The number of benzene rings is 1. The third kappa shape index (κ3) is 4.47. The molecule has 0 aliphatic carbocycles. The van der Waals surface area contributed by atoms with Gasteiger partial charge in [-0.3, -0.25) is 13.9 Å². The minimum atomic E-state index is -0.577. The number of hydrogen-bond donors (Lipinski definition) is 1. The van der Waals surface area contributed by atoms with E-state index in [9.17, 15) is 14.7 Å². The number of aliphatic imine (C=N–C) groups is 1. The van der Waals surface area contributed by atoms with Gasteiger partial charge in [0.2, 0.25) is 0 Å². The number of aromatic nitrogens is 2. The van der Waals surface area contributed by atoms with E-state index in [1.165, 1.54) is 9.13 Å². The van der Waals surface area contributed by atoms with E-state index in [1.54, 1.807) is 14.0 Å². The SMILES string of the molecule is CC(O)CCn1c(=O)c2c(n(C)c1=O)N=C(Br)C(Cc1ccc(Cl)cc1)CC2. The van der Waals surface area contributed by atoms with Crippen molar-refractivity contribution in [2.45, 2.75) is 45.3 Å². The Labute approximate surface area is 176 Å². The molecule has 2 unspecified atom stereocenters. The molecular formula is C20H23BrClN3O3. The normalized spacial score (nSPS) is 17.6. The molecule has 6 nitrogen and oxygen atoms in total. The van der Waals surface area contributed by atoms with Crippen molar-refractivity contribution in [3.63, 3.8) is 0 Å². The number of aliphatic hydroxyl groups excluding tert-OH is 1. The third-order valence-corrected chi connectivity index (χ3v) is 6.14. The minimum absolute atomic E-state index is 0.106. The fraction of sp³-hybridized carbons (Fsp3) is 0.450. The van der Waals surface area contributed by atoms with Gasteiger partial charge >= 0.3 is 5.69 Å². The maximum Gasteiger partial charge on any atom is 0.332 e. The van der Waals surface area contributed by atoms with E-state index < -0.39 is 11.8 Å². The Morgan fingerprint density at radius 1 is 1.32 bits per heavy atom. The fourth-order valence-corrected chi connectivity index (χ4v) is 4.10.